The van der Waals surface area contributed by atoms with Crippen molar-refractivity contribution in [2.24, 2.45) is 0 Å². The van der Waals surface area contributed by atoms with E-state index < -0.39 is 10.8 Å². The number of hydrogen-bond donors (Lipinski definition) is 1. The Kier molecular flexibility index (Phi) is 4.06. The Bertz CT molecular complexity index is 677. The van der Waals surface area contributed by atoms with Gasteiger partial charge in [-0.3, -0.25) is 14.9 Å². The number of aryl methyl sites for hydroxylation is 2. The fourth-order valence-corrected chi connectivity index (χ4v) is 2.90. The summed E-state index contributed by atoms with van der Waals surface area (Å²) < 4.78 is 0.00153. The molecule has 1 amide bonds. The van der Waals surface area contributed by atoms with E-state index in [1.54, 1.807) is 0 Å². The first kappa shape index (κ1) is 14.5. The lowest BCUT2D eigenvalue weighted by Crippen LogP contribution is -2.12. The van der Waals surface area contributed by atoms with Crippen LogP contribution in [0.1, 0.15) is 20.8 Å². The van der Waals surface area contributed by atoms with E-state index in [4.69, 9.17) is 11.6 Å². The number of carbonyl (C=O) groups excluding carboxylic acids is 1. The van der Waals surface area contributed by atoms with Crippen molar-refractivity contribution in [1.82, 2.24) is 0 Å². The summed E-state index contributed by atoms with van der Waals surface area (Å²) in [4.78, 5) is 22.5. The zero-order chi connectivity index (χ0) is 14.9. The number of thiophene rings is 1. The second-order valence-electron chi connectivity index (χ2n) is 4.25. The van der Waals surface area contributed by atoms with E-state index in [0.29, 0.717) is 5.69 Å². The van der Waals surface area contributed by atoms with Crippen LogP contribution in [0, 0.1) is 24.0 Å². The smallest absolute Gasteiger partial charge is 0.299 e. The number of carbonyl (C=O) groups is 1. The normalized spacial score (nSPS) is 10.3. The van der Waals surface area contributed by atoms with E-state index in [2.05, 4.69) is 5.32 Å². The highest BCUT2D eigenvalue weighted by atomic mass is 35.5. The van der Waals surface area contributed by atoms with Gasteiger partial charge in [-0.15, -0.1) is 11.3 Å². The molecule has 1 aromatic heterocycles. The number of nitro groups is 1. The molecule has 0 radical (unpaired) electrons. The number of para-hydroxylation sites is 1. The van der Waals surface area contributed by atoms with E-state index in [-0.39, 0.29) is 14.9 Å². The van der Waals surface area contributed by atoms with Crippen molar-refractivity contribution in [3.05, 3.63) is 54.7 Å². The summed E-state index contributed by atoms with van der Waals surface area (Å²) in [5, 5.41) is 13.5. The highest BCUT2D eigenvalue weighted by Gasteiger charge is 2.21. The molecular formula is C13H11ClN2O3S. The molecule has 0 saturated carbocycles. The van der Waals surface area contributed by atoms with Crippen molar-refractivity contribution in [2.45, 2.75) is 13.8 Å². The molecule has 0 saturated heterocycles. The van der Waals surface area contributed by atoms with Crippen molar-refractivity contribution >= 4 is 40.2 Å². The predicted octanol–water partition coefficient (Wildman–Crippen LogP) is 4.18. The predicted molar refractivity (Wildman–Crippen MR) is 79.9 cm³/mol. The van der Waals surface area contributed by atoms with Crippen LogP contribution in [0.2, 0.25) is 4.34 Å². The Labute approximate surface area is 124 Å². The third-order valence-electron chi connectivity index (χ3n) is 2.81. The van der Waals surface area contributed by atoms with Gasteiger partial charge in [0.1, 0.15) is 4.88 Å². The van der Waals surface area contributed by atoms with Crippen LogP contribution in [0.25, 0.3) is 0 Å². The maximum absolute atomic E-state index is 12.1. The molecule has 0 fully saturated rings. The van der Waals surface area contributed by atoms with Gasteiger partial charge in [0.2, 0.25) is 0 Å². The summed E-state index contributed by atoms with van der Waals surface area (Å²) in [6.45, 7) is 3.76. The topological polar surface area (TPSA) is 72.2 Å². The second kappa shape index (κ2) is 5.60. The van der Waals surface area contributed by atoms with Gasteiger partial charge in [0.15, 0.2) is 4.34 Å². The molecule has 5 nitrogen and oxygen atoms in total. The Morgan fingerprint density at radius 1 is 1.35 bits per heavy atom. The molecule has 0 aliphatic heterocycles. The van der Waals surface area contributed by atoms with Crippen LogP contribution in [0.5, 0.6) is 0 Å². The van der Waals surface area contributed by atoms with Crippen LogP contribution >= 0.6 is 22.9 Å². The molecule has 1 aromatic carbocycles. The Hall–Kier alpha value is -1.92. The Balaban J connectivity index is 2.29. The largest absolute Gasteiger partial charge is 0.321 e. The minimum atomic E-state index is -0.603. The molecule has 2 rings (SSSR count). The molecule has 0 spiro atoms. The van der Waals surface area contributed by atoms with Crippen LogP contribution in [0.3, 0.4) is 0 Å². The van der Waals surface area contributed by atoms with Gasteiger partial charge >= 0.3 is 0 Å². The van der Waals surface area contributed by atoms with E-state index in [1.807, 2.05) is 32.0 Å². The van der Waals surface area contributed by atoms with E-state index in [9.17, 15) is 14.9 Å². The SMILES string of the molecule is Cc1cccc(C)c1NC(=O)c1cc([N+](=O)[O-])c(Cl)s1. The molecular weight excluding hydrogens is 300 g/mol. The van der Waals surface area contributed by atoms with Crippen molar-refractivity contribution < 1.29 is 9.72 Å². The maximum Gasteiger partial charge on any atom is 0.299 e. The van der Waals surface area contributed by atoms with Gasteiger partial charge in [0, 0.05) is 11.8 Å². The first-order valence-electron chi connectivity index (χ1n) is 5.71. The summed E-state index contributed by atoms with van der Waals surface area (Å²) >= 11 is 6.64. The number of hydrogen-bond acceptors (Lipinski definition) is 4. The Morgan fingerprint density at radius 2 is 1.95 bits per heavy atom. The van der Waals surface area contributed by atoms with Crippen LogP contribution in [0.15, 0.2) is 24.3 Å². The van der Waals surface area contributed by atoms with Gasteiger partial charge in [0.25, 0.3) is 11.6 Å². The second-order valence-corrected chi connectivity index (χ2v) is 5.90. The number of halogens is 1. The van der Waals surface area contributed by atoms with E-state index >= 15 is 0 Å². The molecule has 1 N–H and O–H groups in total. The zero-order valence-electron chi connectivity index (χ0n) is 10.8. The number of benzene rings is 1. The van der Waals surface area contributed by atoms with Crippen molar-refractivity contribution in [2.75, 3.05) is 5.32 Å². The van der Waals surface area contributed by atoms with Crippen LogP contribution in [0.4, 0.5) is 11.4 Å². The first-order chi connectivity index (χ1) is 9.40. The molecule has 0 atom stereocenters. The molecule has 0 unspecified atom stereocenters. The fourth-order valence-electron chi connectivity index (χ4n) is 1.78. The third kappa shape index (κ3) is 2.81. The van der Waals surface area contributed by atoms with Crippen molar-refractivity contribution in [1.29, 1.82) is 0 Å². The van der Waals surface area contributed by atoms with Crippen molar-refractivity contribution in [3.63, 3.8) is 0 Å². The Morgan fingerprint density at radius 3 is 2.45 bits per heavy atom. The lowest BCUT2D eigenvalue weighted by Gasteiger charge is -2.10. The summed E-state index contributed by atoms with van der Waals surface area (Å²) in [6.07, 6.45) is 0. The molecule has 7 heteroatoms. The molecule has 0 aliphatic rings. The van der Waals surface area contributed by atoms with Gasteiger partial charge in [-0.25, -0.2) is 0 Å². The number of amides is 1. The average Bonchev–Trinajstić information content (AvgIpc) is 2.76. The van der Waals surface area contributed by atoms with Gasteiger partial charge in [-0.05, 0) is 25.0 Å². The standard InChI is InChI=1S/C13H11ClN2O3S/c1-7-4-3-5-8(2)11(7)15-13(17)10-6-9(16(18)19)12(14)20-10/h3-6H,1-2H3,(H,15,17). The number of anilines is 1. The highest BCUT2D eigenvalue weighted by molar-refractivity contribution is 7.18. The van der Waals surface area contributed by atoms with Crippen LogP contribution in [-0.4, -0.2) is 10.8 Å². The molecule has 0 bridgehead atoms. The van der Waals surface area contributed by atoms with E-state index in [1.165, 1.54) is 6.07 Å². The quantitative estimate of drug-likeness (QED) is 0.682. The van der Waals surface area contributed by atoms with Gasteiger partial charge in [-0.2, -0.15) is 0 Å². The maximum atomic E-state index is 12.1. The first-order valence-corrected chi connectivity index (χ1v) is 6.91. The van der Waals surface area contributed by atoms with Crippen LogP contribution in [-0.2, 0) is 0 Å². The lowest BCUT2D eigenvalue weighted by atomic mass is 10.1. The van der Waals surface area contributed by atoms with E-state index in [0.717, 1.165) is 22.5 Å². The number of nitrogens with zero attached hydrogens (tertiary/aromatic N) is 1. The summed E-state index contributed by atoms with van der Waals surface area (Å²) in [6, 6.07) is 6.85. The molecule has 104 valence electrons. The van der Waals surface area contributed by atoms with Gasteiger partial charge in [0.05, 0.1) is 4.92 Å². The number of nitrogens with one attached hydrogen (secondary N) is 1. The monoisotopic (exact) mass is 310 g/mol. The molecule has 2 aromatic rings. The van der Waals surface area contributed by atoms with Gasteiger partial charge in [-0.1, -0.05) is 29.8 Å². The number of rotatable bonds is 3. The molecule has 1 heterocycles. The molecule has 20 heavy (non-hydrogen) atoms. The highest BCUT2D eigenvalue weighted by Crippen LogP contribution is 2.34. The van der Waals surface area contributed by atoms with Crippen LogP contribution < -0.4 is 5.32 Å². The van der Waals surface area contributed by atoms with Crippen molar-refractivity contribution in [3.8, 4) is 0 Å². The minimum absolute atomic E-state index is 0.00153. The van der Waals surface area contributed by atoms with Gasteiger partial charge < -0.3 is 5.32 Å². The minimum Gasteiger partial charge on any atom is -0.321 e. The summed E-state index contributed by atoms with van der Waals surface area (Å²) in [5.74, 6) is -0.401. The summed E-state index contributed by atoms with van der Waals surface area (Å²) in [5.41, 5.74) is 2.32. The third-order valence-corrected chi connectivity index (χ3v) is 4.15. The lowest BCUT2D eigenvalue weighted by molar-refractivity contribution is -0.384. The average molecular weight is 311 g/mol. The molecule has 0 aliphatic carbocycles. The summed E-state index contributed by atoms with van der Waals surface area (Å²) in [7, 11) is 0. The fraction of sp³-hybridized carbons (Fsp3) is 0.154. The zero-order valence-corrected chi connectivity index (χ0v) is 12.3.